The first-order valence-corrected chi connectivity index (χ1v) is 5.75. The van der Waals surface area contributed by atoms with E-state index in [1.165, 1.54) is 24.5 Å². The first-order chi connectivity index (χ1) is 9.56. The lowest BCUT2D eigenvalue weighted by Gasteiger charge is -2.07. The van der Waals surface area contributed by atoms with Gasteiger partial charge in [-0.1, -0.05) is 6.07 Å². The average molecular weight is 272 g/mol. The number of hydrogen-bond donors (Lipinski definition) is 3. The Morgan fingerprint density at radius 1 is 1.10 bits per heavy atom. The highest BCUT2D eigenvalue weighted by atomic mass is 16.3. The number of aryl methyl sites for hydroxylation is 1. The summed E-state index contributed by atoms with van der Waals surface area (Å²) in [4.78, 5) is 30.8. The lowest BCUT2D eigenvalue weighted by molar-refractivity contribution is -0.133. The van der Waals surface area contributed by atoms with Crippen LogP contribution in [-0.4, -0.2) is 26.9 Å². The molecule has 1 aromatic heterocycles. The van der Waals surface area contributed by atoms with Crippen molar-refractivity contribution in [3.8, 4) is 5.75 Å². The molecular weight excluding hydrogens is 260 g/mol. The summed E-state index contributed by atoms with van der Waals surface area (Å²) in [6.45, 7) is 1.80. The Bertz CT molecular complexity index is 643. The van der Waals surface area contributed by atoms with Gasteiger partial charge in [0.05, 0.1) is 5.69 Å². The van der Waals surface area contributed by atoms with Gasteiger partial charge in [0.15, 0.2) is 0 Å². The Morgan fingerprint density at radius 3 is 2.40 bits per heavy atom. The van der Waals surface area contributed by atoms with Crippen molar-refractivity contribution >= 4 is 23.5 Å². The number of carbonyl (C=O) groups is 2. The molecule has 0 bridgehead atoms. The molecule has 0 atom stereocenters. The minimum Gasteiger partial charge on any atom is -0.506 e. The minimum atomic E-state index is -0.920. The van der Waals surface area contributed by atoms with Crippen molar-refractivity contribution in [3.63, 3.8) is 0 Å². The molecule has 0 aliphatic heterocycles. The lowest BCUT2D eigenvalue weighted by atomic mass is 10.2. The summed E-state index contributed by atoms with van der Waals surface area (Å²) in [6, 6.07) is 6.27. The number of anilines is 2. The van der Waals surface area contributed by atoms with Gasteiger partial charge in [-0.25, -0.2) is 9.97 Å². The van der Waals surface area contributed by atoms with Crippen molar-refractivity contribution in [2.45, 2.75) is 6.92 Å². The molecule has 7 heteroatoms. The fraction of sp³-hybridized carbons (Fsp3) is 0.0769. The van der Waals surface area contributed by atoms with Gasteiger partial charge in [0, 0.05) is 12.4 Å². The van der Waals surface area contributed by atoms with E-state index >= 15 is 0 Å². The van der Waals surface area contributed by atoms with Crippen molar-refractivity contribution in [1.82, 2.24) is 9.97 Å². The molecule has 0 spiro atoms. The van der Waals surface area contributed by atoms with E-state index < -0.39 is 11.8 Å². The van der Waals surface area contributed by atoms with Crippen LogP contribution >= 0.6 is 0 Å². The summed E-state index contributed by atoms with van der Waals surface area (Å²) in [7, 11) is 0. The highest BCUT2D eigenvalue weighted by Gasteiger charge is 2.16. The molecule has 2 aromatic rings. The molecular formula is C13H12N4O3. The van der Waals surface area contributed by atoms with Gasteiger partial charge in [-0.2, -0.15) is 0 Å². The van der Waals surface area contributed by atoms with E-state index in [1.807, 2.05) is 0 Å². The van der Waals surface area contributed by atoms with Crippen LogP contribution in [0.25, 0.3) is 0 Å². The molecule has 1 aromatic carbocycles. The number of carbonyl (C=O) groups excluding carboxylic acids is 2. The third kappa shape index (κ3) is 3.29. The van der Waals surface area contributed by atoms with E-state index in [0.717, 1.165) is 5.56 Å². The van der Waals surface area contributed by atoms with Crippen molar-refractivity contribution in [2.24, 2.45) is 0 Å². The number of phenolic OH excluding ortho intramolecular Hbond substituents is 1. The summed E-state index contributed by atoms with van der Waals surface area (Å²) in [5.41, 5.74) is 0.993. The predicted octanol–water partition coefficient (Wildman–Crippen LogP) is 1.07. The quantitative estimate of drug-likeness (QED) is 0.560. The summed E-state index contributed by atoms with van der Waals surface area (Å²) >= 11 is 0. The zero-order valence-electron chi connectivity index (χ0n) is 10.6. The van der Waals surface area contributed by atoms with Crippen LogP contribution in [0.2, 0.25) is 0 Å². The number of aromatic nitrogens is 2. The number of rotatable bonds is 2. The van der Waals surface area contributed by atoms with Crippen molar-refractivity contribution < 1.29 is 14.7 Å². The van der Waals surface area contributed by atoms with Gasteiger partial charge in [-0.3, -0.25) is 14.9 Å². The number of nitrogens with zero attached hydrogens (tertiary/aromatic N) is 2. The van der Waals surface area contributed by atoms with Gasteiger partial charge in [-0.15, -0.1) is 0 Å². The van der Waals surface area contributed by atoms with E-state index in [-0.39, 0.29) is 17.4 Å². The molecule has 7 nitrogen and oxygen atoms in total. The summed E-state index contributed by atoms with van der Waals surface area (Å²) in [5.74, 6) is -1.92. The van der Waals surface area contributed by atoms with Crippen molar-refractivity contribution in [1.29, 1.82) is 0 Å². The number of benzene rings is 1. The molecule has 1 heterocycles. The van der Waals surface area contributed by atoms with Crippen LogP contribution in [0.5, 0.6) is 5.75 Å². The number of nitrogens with one attached hydrogen (secondary N) is 2. The Labute approximate surface area is 114 Å². The fourth-order valence-corrected chi connectivity index (χ4v) is 1.45. The van der Waals surface area contributed by atoms with Gasteiger partial charge >= 0.3 is 11.8 Å². The maximum Gasteiger partial charge on any atom is 0.316 e. The summed E-state index contributed by atoms with van der Waals surface area (Å²) in [5, 5.41) is 14.2. The third-order valence-electron chi connectivity index (χ3n) is 2.40. The molecule has 0 aliphatic rings. The Hall–Kier alpha value is -2.96. The van der Waals surface area contributed by atoms with E-state index in [4.69, 9.17) is 0 Å². The fourth-order valence-electron chi connectivity index (χ4n) is 1.45. The van der Waals surface area contributed by atoms with E-state index in [0.29, 0.717) is 0 Å². The topological polar surface area (TPSA) is 104 Å². The van der Waals surface area contributed by atoms with Crippen LogP contribution in [0, 0.1) is 6.92 Å². The molecule has 3 N–H and O–H groups in total. The van der Waals surface area contributed by atoms with Crippen LogP contribution in [0.4, 0.5) is 11.6 Å². The van der Waals surface area contributed by atoms with Crippen LogP contribution in [0.3, 0.4) is 0 Å². The maximum absolute atomic E-state index is 11.7. The standard InChI is InChI=1S/C13H12N4O3/c1-8-3-4-9(10(18)7-8)16-11(19)12(20)17-13-14-5-2-6-15-13/h2-7,18H,1H3,(H,16,19)(H,14,15,17,20). The summed E-state index contributed by atoms with van der Waals surface area (Å²) in [6.07, 6.45) is 2.87. The summed E-state index contributed by atoms with van der Waals surface area (Å²) < 4.78 is 0. The van der Waals surface area contributed by atoms with Gasteiger partial charge in [0.1, 0.15) is 5.75 Å². The molecule has 0 aliphatic carbocycles. The molecule has 2 rings (SSSR count). The van der Waals surface area contributed by atoms with Crippen LogP contribution in [0.1, 0.15) is 5.56 Å². The first-order valence-electron chi connectivity index (χ1n) is 5.75. The van der Waals surface area contributed by atoms with Crippen molar-refractivity contribution in [3.05, 3.63) is 42.2 Å². The number of amides is 2. The molecule has 20 heavy (non-hydrogen) atoms. The van der Waals surface area contributed by atoms with Crippen molar-refractivity contribution in [2.75, 3.05) is 10.6 Å². The normalized spacial score (nSPS) is 9.85. The Kier molecular flexibility index (Phi) is 3.90. The van der Waals surface area contributed by atoms with Crippen LogP contribution in [0.15, 0.2) is 36.7 Å². The smallest absolute Gasteiger partial charge is 0.316 e. The Balaban J connectivity index is 2.03. The Morgan fingerprint density at radius 2 is 1.75 bits per heavy atom. The highest BCUT2D eigenvalue weighted by molar-refractivity contribution is 6.43. The molecule has 0 saturated carbocycles. The molecule has 0 radical (unpaired) electrons. The molecule has 102 valence electrons. The van der Waals surface area contributed by atoms with Gasteiger partial charge < -0.3 is 10.4 Å². The second kappa shape index (κ2) is 5.79. The largest absolute Gasteiger partial charge is 0.506 e. The zero-order valence-corrected chi connectivity index (χ0v) is 10.6. The van der Waals surface area contributed by atoms with Gasteiger partial charge in [-0.05, 0) is 30.7 Å². The van der Waals surface area contributed by atoms with Crippen LogP contribution in [-0.2, 0) is 9.59 Å². The zero-order chi connectivity index (χ0) is 14.5. The van der Waals surface area contributed by atoms with E-state index in [1.54, 1.807) is 19.1 Å². The average Bonchev–Trinajstić information content (AvgIpc) is 2.43. The van der Waals surface area contributed by atoms with E-state index in [9.17, 15) is 14.7 Å². The van der Waals surface area contributed by atoms with Crippen LogP contribution < -0.4 is 10.6 Å². The number of phenols is 1. The van der Waals surface area contributed by atoms with E-state index in [2.05, 4.69) is 20.6 Å². The maximum atomic E-state index is 11.7. The SMILES string of the molecule is Cc1ccc(NC(=O)C(=O)Nc2ncccn2)c(O)c1. The highest BCUT2D eigenvalue weighted by Crippen LogP contribution is 2.23. The van der Waals surface area contributed by atoms with Gasteiger partial charge in [0.2, 0.25) is 5.95 Å². The minimum absolute atomic E-state index is 0.0285. The second-order valence-corrected chi connectivity index (χ2v) is 4.00. The molecule has 0 fully saturated rings. The second-order valence-electron chi connectivity index (χ2n) is 4.00. The lowest BCUT2D eigenvalue weighted by Crippen LogP contribution is -2.29. The molecule has 0 saturated heterocycles. The number of hydrogen-bond acceptors (Lipinski definition) is 5. The molecule has 0 unspecified atom stereocenters. The monoisotopic (exact) mass is 272 g/mol. The van der Waals surface area contributed by atoms with Gasteiger partial charge in [0.25, 0.3) is 0 Å². The predicted molar refractivity (Wildman–Crippen MR) is 72.1 cm³/mol. The molecule has 2 amide bonds. The first kappa shape index (κ1) is 13.5. The third-order valence-corrected chi connectivity index (χ3v) is 2.40. The number of aromatic hydroxyl groups is 1.